The maximum absolute atomic E-state index is 13.6. The number of non-ortho nitro benzene ring substituents is 1. The molecule has 1 saturated heterocycles. The number of nitrogens with zero attached hydrogens (tertiary/aromatic N) is 4. The fourth-order valence-electron chi connectivity index (χ4n) is 3.39. The second-order valence-electron chi connectivity index (χ2n) is 7.19. The molecule has 0 amide bonds. The Kier molecular flexibility index (Phi) is 6.42. The summed E-state index contributed by atoms with van der Waals surface area (Å²) in [6.45, 7) is 1.48. The lowest BCUT2D eigenvalue weighted by Crippen LogP contribution is -2.48. The van der Waals surface area contributed by atoms with E-state index in [1.54, 1.807) is 6.07 Å². The quantitative estimate of drug-likeness (QED) is 0.379. The first kappa shape index (κ1) is 22.6. The van der Waals surface area contributed by atoms with Crippen LogP contribution in [0.25, 0.3) is 0 Å². The molecule has 1 aliphatic rings. The molecule has 8 nitrogen and oxygen atoms in total. The molecule has 1 aliphatic heterocycles. The molecular weight excluding hydrogens is 479 g/mol. The molecule has 1 aromatic heterocycles. The Balaban J connectivity index is 1.39. The lowest BCUT2D eigenvalue weighted by atomic mass is 10.1. The lowest BCUT2D eigenvalue weighted by Gasteiger charge is -2.33. The van der Waals surface area contributed by atoms with Crippen LogP contribution in [0.5, 0.6) is 0 Å². The molecule has 0 saturated carbocycles. The van der Waals surface area contributed by atoms with Gasteiger partial charge in [0.1, 0.15) is 5.82 Å². The molecule has 0 aliphatic carbocycles. The molecule has 0 radical (unpaired) electrons. The van der Waals surface area contributed by atoms with Gasteiger partial charge in [0.15, 0.2) is 5.13 Å². The highest BCUT2D eigenvalue weighted by Gasteiger charge is 2.29. The van der Waals surface area contributed by atoms with E-state index in [2.05, 4.69) is 4.98 Å². The average molecular weight is 497 g/mol. The van der Waals surface area contributed by atoms with Gasteiger partial charge in [-0.1, -0.05) is 17.7 Å². The minimum absolute atomic E-state index is 0.0308. The Hall–Kier alpha value is -2.60. The predicted molar refractivity (Wildman–Crippen MR) is 120 cm³/mol. The number of hydrogen-bond donors (Lipinski definition) is 0. The van der Waals surface area contributed by atoms with Crippen molar-refractivity contribution >= 4 is 43.8 Å². The summed E-state index contributed by atoms with van der Waals surface area (Å²) in [6, 6.07) is 9.55. The molecule has 32 heavy (non-hydrogen) atoms. The maximum Gasteiger partial charge on any atom is 0.269 e. The Morgan fingerprint density at radius 2 is 1.81 bits per heavy atom. The first-order valence-corrected chi connectivity index (χ1v) is 12.3. The highest BCUT2D eigenvalue weighted by molar-refractivity contribution is 7.89. The summed E-state index contributed by atoms with van der Waals surface area (Å²) in [7, 11) is -3.73. The third-order valence-electron chi connectivity index (χ3n) is 5.10. The van der Waals surface area contributed by atoms with Crippen LogP contribution in [0, 0.1) is 15.9 Å². The van der Waals surface area contributed by atoms with Crippen LogP contribution >= 0.6 is 22.9 Å². The Bertz CT molecular complexity index is 1240. The van der Waals surface area contributed by atoms with E-state index in [-0.39, 0.29) is 28.7 Å². The average Bonchev–Trinajstić information content (AvgIpc) is 3.25. The topological polar surface area (TPSA) is 96.6 Å². The largest absolute Gasteiger partial charge is 0.345 e. The number of anilines is 1. The molecule has 168 valence electrons. The van der Waals surface area contributed by atoms with E-state index in [0.29, 0.717) is 19.5 Å². The molecule has 0 bridgehead atoms. The number of rotatable bonds is 6. The van der Waals surface area contributed by atoms with E-state index in [9.17, 15) is 22.9 Å². The van der Waals surface area contributed by atoms with Crippen molar-refractivity contribution < 1.29 is 17.7 Å². The maximum atomic E-state index is 13.6. The van der Waals surface area contributed by atoms with Gasteiger partial charge < -0.3 is 4.90 Å². The van der Waals surface area contributed by atoms with Crippen LogP contribution in [-0.4, -0.2) is 48.8 Å². The third kappa shape index (κ3) is 4.75. The van der Waals surface area contributed by atoms with Gasteiger partial charge >= 0.3 is 0 Å². The van der Waals surface area contributed by atoms with E-state index >= 15 is 0 Å². The van der Waals surface area contributed by atoms with Crippen LogP contribution < -0.4 is 4.90 Å². The van der Waals surface area contributed by atoms with Gasteiger partial charge in [0, 0.05) is 50.1 Å². The molecule has 0 atom stereocenters. The van der Waals surface area contributed by atoms with Gasteiger partial charge in [-0.25, -0.2) is 17.8 Å². The summed E-state index contributed by atoms with van der Waals surface area (Å²) in [5.41, 5.74) is 1.41. The number of piperazine rings is 1. The monoisotopic (exact) mass is 496 g/mol. The van der Waals surface area contributed by atoms with Crippen LogP contribution in [0.3, 0.4) is 0 Å². The molecule has 0 unspecified atom stereocenters. The van der Waals surface area contributed by atoms with E-state index < -0.39 is 20.8 Å². The summed E-state index contributed by atoms with van der Waals surface area (Å²) in [4.78, 5) is 16.9. The number of thiazole rings is 1. The molecular formula is C20H18ClFN4O4S2. The number of benzene rings is 2. The normalized spacial score (nSPS) is 15.1. The van der Waals surface area contributed by atoms with Gasteiger partial charge in [-0.15, -0.1) is 11.3 Å². The summed E-state index contributed by atoms with van der Waals surface area (Å²) in [6.07, 6.45) is 0.471. The van der Waals surface area contributed by atoms with E-state index in [4.69, 9.17) is 11.6 Å². The molecule has 2 heterocycles. The van der Waals surface area contributed by atoms with Crippen LogP contribution in [0.1, 0.15) is 11.3 Å². The minimum Gasteiger partial charge on any atom is -0.345 e. The molecule has 0 spiro atoms. The minimum atomic E-state index is -3.73. The zero-order valence-corrected chi connectivity index (χ0v) is 19.0. The van der Waals surface area contributed by atoms with Crippen molar-refractivity contribution in [3.63, 3.8) is 0 Å². The number of aromatic nitrogens is 1. The van der Waals surface area contributed by atoms with Crippen LogP contribution in [0.2, 0.25) is 5.02 Å². The second-order valence-corrected chi connectivity index (χ2v) is 10.4. The van der Waals surface area contributed by atoms with Crippen molar-refractivity contribution in [1.29, 1.82) is 0 Å². The highest BCUT2D eigenvalue weighted by Crippen LogP contribution is 2.26. The summed E-state index contributed by atoms with van der Waals surface area (Å²) >= 11 is 7.18. The number of nitro benzene ring substituents is 1. The Labute approximate surface area is 193 Å². The molecule has 2 aromatic carbocycles. The Morgan fingerprint density at radius 3 is 2.44 bits per heavy atom. The molecule has 1 fully saturated rings. The summed E-state index contributed by atoms with van der Waals surface area (Å²) in [5.74, 6) is -0.468. The third-order valence-corrected chi connectivity index (χ3v) is 8.27. The number of sulfonamides is 1. The fraction of sp³-hybridized carbons (Fsp3) is 0.250. The van der Waals surface area contributed by atoms with Crippen molar-refractivity contribution in [2.45, 2.75) is 11.3 Å². The van der Waals surface area contributed by atoms with Gasteiger partial charge in [0.05, 0.1) is 20.5 Å². The van der Waals surface area contributed by atoms with Gasteiger partial charge in [0.25, 0.3) is 5.69 Å². The fourth-order valence-corrected chi connectivity index (χ4v) is 5.81. The van der Waals surface area contributed by atoms with E-state index in [1.807, 2.05) is 10.3 Å². The summed E-state index contributed by atoms with van der Waals surface area (Å²) in [5, 5.41) is 13.5. The van der Waals surface area contributed by atoms with Gasteiger partial charge in [-0.3, -0.25) is 10.1 Å². The second kappa shape index (κ2) is 9.10. The molecule has 12 heteroatoms. The summed E-state index contributed by atoms with van der Waals surface area (Å²) < 4.78 is 40.7. The first-order chi connectivity index (χ1) is 15.2. The zero-order valence-electron chi connectivity index (χ0n) is 16.6. The SMILES string of the molecule is O=[N+]([O-])c1ccc(S(=O)(=O)N2CCN(c3nc(Cc4ccc(Cl)c(F)c4)cs3)CC2)cc1. The van der Waals surface area contributed by atoms with Crippen LogP contribution in [-0.2, 0) is 16.4 Å². The molecule has 3 aromatic rings. The Morgan fingerprint density at radius 1 is 1.12 bits per heavy atom. The molecule has 0 N–H and O–H groups in total. The molecule has 4 rings (SSSR count). The van der Waals surface area contributed by atoms with Crippen molar-refractivity contribution in [1.82, 2.24) is 9.29 Å². The van der Waals surface area contributed by atoms with Gasteiger partial charge in [0.2, 0.25) is 10.0 Å². The first-order valence-electron chi connectivity index (χ1n) is 9.62. The van der Waals surface area contributed by atoms with Crippen molar-refractivity contribution in [3.05, 3.63) is 80.1 Å². The highest BCUT2D eigenvalue weighted by atomic mass is 35.5. The van der Waals surface area contributed by atoms with Gasteiger partial charge in [-0.05, 0) is 29.8 Å². The van der Waals surface area contributed by atoms with E-state index in [0.717, 1.165) is 16.4 Å². The number of halogens is 2. The smallest absolute Gasteiger partial charge is 0.269 e. The number of nitro groups is 1. The number of hydrogen-bond acceptors (Lipinski definition) is 7. The lowest BCUT2D eigenvalue weighted by molar-refractivity contribution is -0.384. The standard InChI is InChI=1S/C20H18ClFN4O4S2/c21-18-6-1-14(12-19(18)22)11-15-13-31-20(23-15)24-7-9-25(10-8-24)32(29,30)17-4-2-16(3-5-17)26(27)28/h1-6,12-13H,7-11H2. The van der Waals surface area contributed by atoms with Crippen LogP contribution in [0.4, 0.5) is 15.2 Å². The zero-order chi connectivity index (χ0) is 22.9. The van der Waals surface area contributed by atoms with E-state index in [1.165, 1.54) is 52.0 Å². The van der Waals surface area contributed by atoms with Crippen LogP contribution in [0.15, 0.2) is 52.7 Å². The van der Waals surface area contributed by atoms with Crippen molar-refractivity contribution in [3.8, 4) is 0 Å². The van der Waals surface area contributed by atoms with Crippen molar-refractivity contribution in [2.24, 2.45) is 0 Å². The predicted octanol–water partition coefficient (Wildman–Crippen LogP) is 3.95. The van der Waals surface area contributed by atoms with Gasteiger partial charge in [-0.2, -0.15) is 4.31 Å². The van der Waals surface area contributed by atoms with Crippen molar-refractivity contribution in [2.75, 3.05) is 31.1 Å².